The Bertz CT molecular complexity index is 1360. The van der Waals surface area contributed by atoms with Crippen LogP contribution in [0, 0.1) is 19.7 Å². The van der Waals surface area contributed by atoms with Crippen molar-refractivity contribution in [2.24, 2.45) is 0 Å². The number of para-hydroxylation sites is 1. The van der Waals surface area contributed by atoms with Crippen LogP contribution in [-0.2, 0) is 17.6 Å². The molecule has 2 aromatic heterocycles. The van der Waals surface area contributed by atoms with Gasteiger partial charge < -0.3 is 5.32 Å². The predicted octanol–water partition coefficient (Wildman–Crippen LogP) is 5.28. The maximum absolute atomic E-state index is 14.5. The number of amides is 1. The van der Waals surface area contributed by atoms with Crippen LogP contribution in [0.4, 0.5) is 10.1 Å². The number of carbonyl (C=O) groups excluding carboxylic acids is 2. The fraction of sp³-hybridized carbons (Fsp3) is 0.154. The maximum Gasteiger partial charge on any atom is 0.228 e. The van der Waals surface area contributed by atoms with Gasteiger partial charge in [0.05, 0.1) is 34.6 Å². The van der Waals surface area contributed by atoms with Gasteiger partial charge in [-0.1, -0.05) is 23.7 Å². The number of hydrogen-bond donors (Lipinski definition) is 1. The number of anilines is 1. The number of aryl methyl sites for hydroxylation is 2. The molecule has 0 spiro atoms. The molecule has 0 aliphatic rings. The fourth-order valence-corrected chi connectivity index (χ4v) is 3.89. The average Bonchev–Trinajstić information content (AvgIpc) is 3.23. The van der Waals surface area contributed by atoms with Crippen LogP contribution in [0.1, 0.15) is 32.9 Å². The molecule has 1 amide bonds. The summed E-state index contributed by atoms with van der Waals surface area (Å²) in [6, 6.07) is 14.9. The molecular weight excluding hydrogens is 455 g/mol. The van der Waals surface area contributed by atoms with Gasteiger partial charge in [0.2, 0.25) is 5.91 Å². The maximum atomic E-state index is 14.5. The first-order valence-corrected chi connectivity index (χ1v) is 11.0. The molecule has 4 aromatic rings. The molecule has 6 nitrogen and oxygen atoms in total. The zero-order valence-corrected chi connectivity index (χ0v) is 19.4. The molecule has 0 fully saturated rings. The highest BCUT2D eigenvalue weighted by Crippen LogP contribution is 2.21. The highest BCUT2D eigenvalue weighted by molar-refractivity contribution is 6.33. The number of benzene rings is 2. The van der Waals surface area contributed by atoms with Crippen LogP contribution in [0.25, 0.3) is 5.69 Å². The molecule has 8 heteroatoms. The van der Waals surface area contributed by atoms with E-state index in [0.717, 1.165) is 17.0 Å². The Morgan fingerprint density at radius 3 is 2.47 bits per heavy atom. The summed E-state index contributed by atoms with van der Waals surface area (Å²) < 4.78 is 16.0. The normalized spacial score (nSPS) is 10.8. The zero-order chi connectivity index (χ0) is 24.2. The monoisotopic (exact) mass is 476 g/mol. The second kappa shape index (κ2) is 9.97. The second-order valence-corrected chi connectivity index (χ2v) is 8.43. The third-order valence-electron chi connectivity index (χ3n) is 5.17. The lowest BCUT2D eigenvalue weighted by Crippen LogP contribution is -2.14. The lowest BCUT2D eigenvalue weighted by molar-refractivity contribution is -0.115. The van der Waals surface area contributed by atoms with Crippen LogP contribution < -0.4 is 5.32 Å². The highest BCUT2D eigenvalue weighted by Gasteiger charge is 2.16. The highest BCUT2D eigenvalue weighted by atomic mass is 35.5. The van der Waals surface area contributed by atoms with Crippen molar-refractivity contribution in [3.63, 3.8) is 0 Å². The average molecular weight is 477 g/mol. The Balaban J connectivity index is 1.49. The number of nitrogens with zero attached hydrogens (tertiary/aromatic N) is 3. The molecule has 0 atom stereocenters. The minimum Gasteiger partial charge on any atom is -0.324 e. The van der Waals surface area contributed by atoms with Gasteiger partial charge in [0.25, 0.3) is 0 Å². The van der Waals surface area contributed by atoms with Crippen LogP contribution >= 0.6 is 11.6 Å². The Morgan fingerprint density at radius 2 is 1.74 bits per heavy atom. The second-order valence-electron chi connectivity index (χ2n) is 8.02. The van der Waals surface area contributed by atoms with E-state index in [1.54, 1.807) is 36.7 Å². The van der Waals surface area contributed by atoms with Crippen molar-refractivity contribution in [3.8, 4) is 5.69 Å². The number of hydrogen-bond acceptors (Lipinski definition) is 4. The summed E-state index contributed by atoms with van der Waals surface area (Å²) in [5, 5.41) is 7.48. The van der Waals surface area contributed by atoms with Crippen LogP contribution in [0.15, 0.2) is 67.0 Å². The SMILES string of the molecule is Cc1cc(CC(=O)c2cc(-n3cc(CC(=O)Nc4ccccc4Cl)cn3)ccc2F)cc(C)n1. The fourth-order valence-electron chi connectivity index (χ4n) is 3.71. The minimum absolute atomic E-state index is 0.0156. The molecule has 1 N–H and O–H groups in total. The van der Waals surface area contributed by atoms with Crippen LogP contribution in [0.5, 0.6) is 0 Å². The molecule has 0 unspecified atom stereocenters. The smallest absolute Gasteiger partial charge is 0.228 e. The number of rotatable bonds is 7. The molecule has 4 rings (SSSR count). The van der Waals surface area contributed by atoms with Crippen molar-refractivity contribution in [1.29, 1.82) is 0 Å². The summed E-state index contributed by atoms with van der Waals surface area (Å²) in [5.41, 5.74) is 4.08. The first kappa shape index (κ1) is 23.3. The third kappa shape index (κ3) is 5.55. The van der Waals surface area contributed by atoms with Crippen molar-refractivity contribution in [3.05, 3.63) is 106 Å². The van der Waals surface area contributed by atoms with E-state index in [-0.39, 0.29) is 30.1 Å². The summed E-state index contributed by atoms with van der Waals surface area (Å²) in [6.07, 6.45) is 3.37. The molecule has 0 bridgehead atoms. The number of aromatic nitrogens is 3. The Morgan fingerprint density at radius 1 is 1.00 bits per heavy atom. The van der Waals surface area contributed by atoms with E-state index in [4.69, 9.17) is 11.6 Å². The Kier molecular flexibility index (Phi) is 6.84. The molecule has 0 radical (unpaired) electrons. The lowest BCUT2D eigenvalue weighted by atomic mass is 10.0. The van der Waals surface area contributed by atoms with E-state index < -0.39 is 5.82 Å². The summed E-state index contributed by atoms with van der Waals surface area (Å²) in [4.78, 5) is 29.5. The molecule has 2 aromatic carbocycles. The van der Waals surface area contributed by atoms with E-state index in [9.17, 15) is 14.0 Å². The van der Waals surface area contributed by atoms with Gasteiger partial charge in [-0.2, -0.15) is 5.10 Å². The van der Waals surface area contributed by atoms with Gasteiger partial charge >= 0.3 is 0 Å². The van der Waals surface area contributed by atoms with Crippen LogP contribution in [-0.4, -0.2) is 26.5 Å². The van der Waals surface area contributed by atoms with Gasteiger partial charge in [-0.15, -0.1) is 0 Å². The zero-order valence-electron chi connectivity index (χ0n) is 18.7. The van der Waals surface area contributed by atoms with Crippen molar-refractivity contribution >= 4 is 29.0 Å². The van der Waals surface area contributed by atoms with Crippen molar-refractivity contribution < 1.29 is 14.0 Å². The first-order chi connectivity index (χ1) is 16.3. The summed E-state index contributed by atoms with van der Waals surface area (Å²) in [6.45, 7) is 3.71. The molecule has 0 saturated heterocycles. The number of nitrogens with one attached hydrogen (secondary N) is 1. The van der Waals surface area contributed by atoms with Gasteiger partial charge in [0.1, 0.15) is 5.82 Å². The van der Waals surface area contributed by atoms with Gasteiger partial charge in [-0.25, -0.2) is 9.07 Å². The quantitative estimate of drug-likeness (QED) is 0.368. The van der Waals surface area contributed by atoms with Gasteiger partial charge in [-0.05, 0) is 67.4 Å². The number of halogens is 2. The van der Waals surface area contributed by atoms with Crippen molar-refractivity contribution in [1.82, 2.24) is 14.8 Å². The number of pyridine rings is 1. The number of ketones is 1. The molecule has 2 heterocycles. The van der Waals surface area contributed by atoms with E-state index >= 15 is 0 Å². The van der Waals surface area contributed by atoms with E-state index in [1.807, 2.05) is 26.0 Å². The first-order valence-electron chi connectivity index (χ1n) is 10.6. The molecule has 0 aliphatic carbocycles. The molecular formula is C26H22ClFN4O2. The van der Waals surface area contributed by atoms with E-state index in [1.165, 1.54) is 22.9 Å². The van der Waals surface area contributed by atoms with Crippen molar-refractivity contribution in [2.45, 2.75) is 26.7 Å². The molecule has 0 aliphatic heterocycles. The largest absolute Gasteiger partial charge is 0.324 e. The van der Waals surface area contributed by atoms with Gasteiger partial charge in [0.15, 0.2) is 5.78 Å². The van der Waals surface area contributed by atoms with Gasteiger partial charge in [-0.3, -0.25) is 14.6 Å². The molecule has 0 saturated carbocycles. The standard InChI is InChI=1S/C26H22ClFN4O2/c1-16-9-18(10-17(2)30-16)11-25(33)21-13-20(7-8-23(21)28)32-15-19(14-29-32)12-26(34)31-24-6-4-3-5-22(24)27/h3-10,13-15H,11-12H2,1-2H3,(H,31,34). The lowest BCUT2D eigenvalue weighted by Gasteiger charge is -2.08. The summed E-state index contributed by atoms with van der Waals surface area (Å²) in [5.74, 6) is -1.18. The summed E-state index contributed by atoms with van der Waals surface area (Å²) in [7, 11) is 0. The topological polar surface area (TPSA) is 76.9 Å². The van der Waals surface area contributed by atoms with E-state index in [2.05, 4.69) is 15.4 Å². The summed E-state index contributed by atoms with van der Waals surface area (Å²) >= 11 is 6.08. The Labute approximate surface area is 201 Å². The van der Waals surface area contributed by atoms with Crippen LogP contribution in [0.3, 0.4) is 0 Å². The number of Topliss-reactive ketones (excluding diaryl/α,β-unsaturated/α-hetero) is 1. The molecule has 34 heavy (non-hydrogen) atoms. The van der Waals surface area contributed by atoms with Crippen molar-refractivity contribution in [2.75, 3.05) is 5.32 Å². The minimum atomic E-state index is -0.595. The van der Waals surface area contributed by atoms with E-state index in [0.29, 0.717) is 22.0 Å². The number of carbonyl (C=O) groups is 2. The predicted molar refractivity (Wildman–Crippen MR) is 129 cm³/mol. The molecule has 172 valence electrons. The van der Waals surface area contributed by atoms with Gasteiger partial charge in [0, 0.05) is 24.0 Å². The Hall–Kier alpha value is -3.84. The third-order valence-corrected chi connectivity index (χ3v) is 5.50. The van der Waals surface area contributed by atoms with Crippen LogP contribution in [0.2, 0.25) is 5.02 Å².